The maximum absolute atomic E-state index is 5.75. The van der Waals surface area contributed by atoms with E-state index in [0.717, 1.165) is 47.4 Å². The molecule has 0 saturated heterocycles. The summed E-state index contributed by atoms with van der Waals surface area (Å²) in [5.74, 6) is 1.02. The van der Waals surface area contributed by atoms with Gasteiger partial charge in [-0.1, -0.05) is 6.07 Å². The number of aromatic nitrogens is 3. The number of hydrogen-bond donors (Lipinski definition) is 1. The van der Waals surface area contributed by atoms with Crippen molar-refractivity contribution in [2.24, 2.45) is 0 Å². The van der Waals surface area contributed by atoms with E-state index in [4.69, 9.17) is 4.74 Å². The zero-order valence-corrected chi connectivity index (χ0v) is 14.6. The summed E-state index contributed by atoms with van der Waals surface area (Å²) in [7, 11) is 0. The fourth-order valence-electron chi connectivity index (χ4n) is 3.68. The molecule has 3 aromatic heterocycles. The van der Waals surface area contributed by atoms with Gasteiger partial charge >= 0.3 is 0 Å². The molecule has 0 amide bonds. The maximum Gasteiger partial charge on any atom is 0.137 e. The molecule has 0 bridgehead atoms. The van der Waals surface area contributed by atoms with E-state index < -0.39 is 0 Å². The van der Waals surface area contributed by atoms with Crippen molar-refractivity contribution in [2.45, 2.75) is 19.8 Å². The lowest BCUT2D eigenvalue weighted by Crippen LogP contribution is -2.07. The van der Waals surface area contributed by atoms with Crippen LogP contribution < -0.4 is 4.74 Å². The Morgan fingerprint density at radius 1 is 1.04 bits per heavy atom. The van der Waals surface area contributed by atoms with Crippen LogP contribution in [0.25, 0.3) is 33.3 Å². The van der Waals surface area contributed by atoms with Gasteiger partial charge in [0.25, 0.3) is 0 Å². The molecule has 1 aliphatic rings. The third-order valence-corrected chi connectivity index (χ3v) is 5.10. The van der Waals surface area contributed by atoms with Crippen LogP contribution in [0.15, 0.2) is 55.1 Å². The van der Waals surface area contributed by atoms with Gasteiger partial charge in [0, 0.05) is 46.9 Å². The number of fused-ring (bicyclic) bond motifs is 2. The Hall–Kier alpha value is -3.14. The highest BCUT2D eigenvalue weighted by atomic mass is 16.5. The number of pyridine rings is 2. The van der Waals surface area contributed by atoms with Crippen molar-refractivity contribution >= 4 is 11.0 Å². The van der Waals surface area contributed by atoms with E-state index in [2.05, 4.69) is 46.1 Å². The number of aryl methyl sites for hydroxylation is 2. The van der Waals surface area contributed by atoms with E-state index in [-0.39, 0.29) is 0 Å². The summed E-state index contributed by atoms with van der Waals surface area (Å²) in [6, 6.07) is 10.7. The summed E-state index contributed by atoms with van der Waals surface area (Å²) in [4.78, 5) is 12.2. The molecule has 0 radical (unpaired) electrons. The summed E-state index contributed by atoms with van der Waals surface area (Å²) in [6.07, 6.45) is 9.83. The molecule has 0 saturated carbocycles. The van der Waals surface area contributed by atoms with E-state index in [1.165, 1.54) is 22.3 Å². The minimum atomic E-state index is 0.817. The second-order valence-electron chi connectivity index (χ2n) is 6.79. The molecule has 4 aromatic rings. The molecule has 26 heavy (non-hydrogen) atoms. The smallest absolute Gasteiger partial charge is 0.137 e. The third kappa shape index (κ3) is 2.46. The molecule has 0 fully saturated rings. The number of hydrogen-bond acceptors (Lipinski definition) is 3. The Bertz CT molecular complexity index is 1110. The first-order valence-electron chi connectivity index (χ1n) is 8.94. The quantitative estimate of drug-likeness (QED) is 0.563. The lowest BCUT2D eigenvalue weighted by molar-refractivity contribution is 0.288. The molecule has 0 spiro atoms. The number of ether oxygens (including phenoxy) is 1. The Morgan fingerprint density at radius 2 is 2.00 bits per heavy atom. The Morgan fingerprint density at radius 3 is 2.92 bits per heavy atom. The molecule has 0 unspecified atom stereocenters. The lowest BCUT2D eigenvalue weighted by atomic mass is 9.98. The van der Waals surface area contributed by atoms with Gasteiger partial charge < -0.3 is 9.72 Å². The van der Waals surface area contributed by atoms with Gasteiger partial charge in [-0.25, -0.2) is 4.98 Å². The highest BCUT2D eigenvalue weighted by molar-refractivity contribution is 5.96. The van der Waals surface area contributed by atoms with Gasteiger partial charge in [-0.3, -0.25) is 4.98 Å². The van der Waals surface area contributed by atoms with Crippen molar-refractivity contribution < 1.29 is 4.74 Å². The van der Waals surface area contributed by atoms with Crippen LogP contribution in [0.2, 0.25) is 0 Å². The zero-order chi connectivity index (χ0) is 17.5. The zero-order valence-electron chi connectivity index (χ0n) is 14.6. The van der Waals surface area contributed by atoms with Crippen LogP contribution in [0, 0.1) is 6.92 Å². The summed E-state index contributed by atoms with van der Waals surface area (Å²) < 4.78 is 5.75. The minimum absolute atomic E-state index is 0.817. The van der Waals surface area contributed by atoms with Crippen LogP contribution >= 0.6 is 0 Å². The lowest BCUT2D eigenvalue weighted by Gasteiger charge is -2.17. The molecule has 128 valence electrons. The second-order valence-corrected chi connectivity index (χ2v) is 6.79. The number of nitrogens with one attached hydrogen (secondary N) is 1. The van der Waals surface area contributed by atoms with Gasteiger partial charge in [-0.05, 0) is 60.7 Å². The number of benzene rings is 1. The van der Waals surface area contributed by atoms with Crippen molar-refractivity contribution in [1.29, 1.82) is 0 Å². The molecule has 0 atom stereocenters. The van der Waals surface area contributed by atoms with Gasteiger partial charge in [0.2, 0.25) is 0 Å². The van der Waals surface area contributed by atoms with Gasteiger partial charge in [-0.2, -0.15) is 0 Å². The molecular formula is C22H19N3O. The maximum atomic E-state index is 5.75. The summed E-state index contributed by atoms with van der Waals surface area (Å²) in [5, 5.41) is 1.13. The van der Waals surface area contributed by atoms with E-state index in [0.29, 0.717) is 0 Å². The van der Waals surface area contributed by atoms with Gasteiger partial charge in [0.05, 0.1) is 6.61 Å². The standard InChI is InChI=1S/C22H19N3O/c1-14-6-7-23-12-19(14)17-10-18-20(13-25-22(18)24-11-17)15-4-5-21-16(9-15)3-2-8-26-21/h4-7,9-13H,2-3,8H2,1H3,(H,24,25). The largest absolute Gasteiger partial charge is 0.493 e. The molecule has 0 aliphatic carbocycles. The van der Waals surface area contributed by atoms with Crippen molar-refractivity contribution in [3.05, 3.63) is 66.2 Å². The third-order valence-electron chi connectivity index (χ3n) is 5.10. The number of H-pyrrole nitrogens is 1. The van der Waals surface area contributed by atoms with Crippen LogP contribution in [-0.2, 0) is 6.42 Å². The summed E-state index contributed by atoms with van der Waals surface area (Å²) in [6.45, 7) is 2.92. The minimum Gasteiger partial charge on any atom is -0.493 e. The van der Waals surface area contributed by atoms with E-state index in [1.807, 2.05) is 30.9 Å². The van der Waals surface area contributed by atoms with Crippen molar-refractivity contribution in [3.8, 4) is 28.0 Å². The number of nitrogens with zero attached hydrogens (tertiary/aromatic N) is 2. The second kappa shape index (κ2) is 5.99. The average Bonchev–Trinajstić information content (AvgIpc) is 3.11. The van der Waals surface area contributed by atoms with Gasteiger partial charge in [0.1, 0.15) is 11.4 Å². The average molecular weight is 341 g/mol. The van der Waals surface area contributed by atoms with Gasteiger partial charge in [-0.15, -0.1) is 0 Å². The molecule has 1 aromatic carbocycles. The molecule has 4 heteroatoms. The van der Waals surface area contributed by atoms with Crippen LogP contribution in [0.1, 0.15) is 17.5 Å². The Kier molecular flexibility index (Phi) is 3.49. The van der Waals surface area contributed by atoms with Crippen LogP contribution in [0.4, 0.5) is 0 Å². The fourth-order valence-corrected chi connectivity index (χ4v) is 3.68. The predicted octanol–water partition coefficient (Wildman–Crippen LogP) is 4.93. The first-order valence-corrected chi connectivity index (χ1v) is 8.94. The first-order chi connectivity index (χ1) is 12.8. The highest BCUT2D eigenvalue weighted by Gasteiger charge is 2.14. The number of rotatable bonds is 2. The SMILES string of the molecule is Cc1ccncc1-c1cnc2[nH]cc(-c3ccc4c(c3)CCCO4)c2c1. The van der Waals surface area contributed by atoms with E-state index in [1.54, 1.807) is 0 Å². The van der Waals surface area contributed by atoms with Crippen LogP contribution in [0.5, 0.6) is 5.75 Å². The first kappa shape index (κ1) is 15.1. The monoisotopic (exact) mass is 341 g/mol. The van der Waals surface area contributed by atoms with Crippen LogP contribution in [-0.4, -0.2) is 21.6 Å². The van der Waals surface area contributed by atoms with Crippen molar-refractivity contribution in [2.75, 3.05) is 6.61 Å². The normalized spacial score (nSPS) is 13.4. The molecular weight excluding hydrogens is 322 g/mol. The van der Waals surface area contributed by atoms with Crippen molar-refractivity contribution in [1.82, 2.24) is 15.0 Å². The fraction of sp³-hybridized carbons (Fsp3) is 0.182. The molecule has 4 nitrogen and oxygen atoms in total. The molecule has 1 N–H and O–H groups in total. The predicted molar refractivity (Wildman–Crippen MR) is 103 cm³/mol. The van der Waals surface area contributed by atoms with E-state index >= 15 is 0 Å². The van der Waals surface area contributed by atoms with Gasteiger partial charge in [0.15, 0.2) is 0 Å². The summed E-state index contributed by atoms with van der Waals surface area (Å²) in [5.41, 5.74) is 7.96. The molecule has 1 aliphatic heterocycles. The topological polar surface area (TPSA) is 50.8 Å². The van der Waals surface area contributed by atoms with E-state index in [9.17, 15) is 0 Å². The highest BCUT2D eigenvalue weighted by Crippen LogP contribution is 2.35. The molecule has 4 heterocycles. The number of aromatic amines is 1. The summed E-state index contributed by atoms with van der Waals surface area (Å²) >= 11 is 0. The molecule has 5 rings (SSSR count). The Balaban J connectivity index is 1.65. The Labute approximate surface area is 151 Å². The van der Waals surface area contributed by atoms with Crippen molar-refractivity contribution in [3.63, 3.8) is 0 Å². The van der Waals surface area contributed by atoms with Crippen LogP contribution in [0.3, 0.4) is 0 Å².